The fraction of sp³-hybridized carbons (Fsp3) is 0.364. The van der Waals surface area contributed by atoms with Crippen LogP contribution in [-0.2, 0) is 6.54 Å². The summed E-state index contributed by atoms with van der Waals surface area (Å²) < 4.78 is 0. The molecular formula is C22H25N3O. The van der Waals surface area contributed by atoms with E-state index >= 15 is 0 Å². The molecule has 0 aliphatic carbocycles. The van der Waals surface area contributed by atoms with Crippen LogP contribution in [0.1, 0.15) is 39.0 Å². The van der Waals surface area contributed by atoms with Crippen molar-refractivity contribution in [3.8, 4) is 6.07 Å². The zero-order chi connectivity index (χ0) is 18.5. The summed E-state index contributed by atoms with van der Waals surface area (Å²) in [4.78, 5) is 17.3. The molecule has 1 saturated heterocycles. The van der Waals surface area contributed by atoms with Gasteiger partial charge in [0.2, 0.25) is 0 Å². The van der Waals surface area contributed by atoms with Crippen molar-refractivity contribution in [3.63, 3.8) is 0 Å². The number of hydrogen-bond acceptors (Lipinski definition) is 3. The van der Waals surface area contributed by atoms with Gasteiger partial charge in [-0.1, -0.05) is 29.8 Å². The van der Waals surface area contributed by atoms with E-state index in [1.54, 1.807) is 0 Å². The Morgan fingerprint density at radius 2 is 1.81 bits per heavy atom. The Kier molecular flexibility index (Phi) is 5.70. The van der Waals surface area contributed by atoms with E-state index in [0.717, 1.165) is 50.3 Å². The second kappa shape index (κ2) is 8.16. The van der Waals surface area contributed by atoms with E-state index in [9.17, 15) is 4.79 Å². The Balaban J connectivity index is 1.62. The normalized spacial score (nSPS) is 15.3. The topological polar surface area (TPSA) is 47.3 Å². The van der Waals surface area contributed by atoms with E-state index in [0.29, 0.717) is 5.56 Å². The van der Waals surface area contributed by atoms with Crippen LogP contribution in [0, 0.1) is 25.2 Å². The van der Waals surface area contributed by atoms with Crippen LogP contribution in [-0.4, -0.2) is 41.9 Å². The molecule has 0 radical (unpaired) electrons. The molecule has 1 amide bonds. The molecule has 134 valence electrons. The van der Waals surface area contributed by atoms with Crippen LogP contribution in [0.5, 0.6) is 0 Å². The van der Waals surface area contributed by atoms with Crippen LogP contribution >= 0.6 is 0 Å². The van der Waals surface area contributed by atoms with E-state index < -0.39 is 0 Å². The molecule has 1 heterocycles. The van der Waals surface area contributed by atoms with E-state index in [-0.39, 0.29) is 5.91 Å². The molecule has 0 spiro atoms. The molecule has 2 aromatic rings. The Hall–Kier alpha value is -2.64. The highest BCUT2D eigenvalue weighted by Gasteiger charge is 2.21. The summed E-state index contributed by atoms with van der Waals surface area (Å²) in [5, 5.41) is 8.90. The summed E-state index contributed by atoms with van der Waals surface area (Å²) >= 11 is 0. The molecule has 1 aliphatic rings. The van der Waals surface area contributed by atoms with Gasteiger partial charge < -0.3 is 4.90 Å². The number of carbonyl (C=O) groups is 1. The predicted octanol–water partition coefficient (Wildman–Crippen LogP) is 3.52. The van der Waals surface area contributed by atoms with E-state index in [1.807, 2.05) is 55.1 Å². The third-order valence-corrected chi connectivity index (χ3v) is 4.98. The van der Waals surface area contributed by atoms with Gasteiger partial charge in [-0.2, -0.15) is 5.26 Å². The minimum absolute atomic E-state index is 0.141. The molecule has 0 bridgehead atoms. The summed E-state index contributed by atoms with van der Waals surface area (Å²) in [5.41, 5.74) is 4.95. The lowest BCUT2D eigenvalue weighted by Crippen LogP contribution is -2.35. The van der Waals surface area contributed by atoms with Crippen molar-refractivity contribution in [2.45, 2.75) is 26.8 Å². The van der Waals surface area contributed by atoms with Crippen molar-refractivity contribution >= 4 is 5.91 Å². The summed E-state index contributed by atoms with van der Waals surface area (Å²) in [5.74, 6) is 0.141. The second-order valence-corrected chi connectivity index (χ2v) is 7.05. The maximum atomic E-state index is 12.9. The van der Waals surface area contributed by atoms with Gasteiger partial charge in [0.05, 0.1) is 11.6 Å². The predicted molar refractivity (Wildman–Crippen MR) is 103 cm³/mol. The highest BCUT2D eigenvalue weighted by Crippen LogP contribution is 2.16. The van der Waals surface area contributed by atoms with E-state index in [2.05, 4.69) is 17.0 Å². The minimum atomic E-state index is 0.141. The summed E-state index contributed by atoms with van der Waals surface area (Å²) in [7, 11) is 0. The number of amides is 1. The third-order valence-electron chi connectivity index (χ3n) is 4.98. The molecule has 26 heavy (non-hydrogen) atoms. The van der Waals surface area contributed by atoms with Crippen molar-refractivity contribution in [1.29, 1.82) is 5.26 Å². The molecule has 0 atom stereocenters. The van der Waals surface area contributed by atoms with Crippen LogP contribution < -0.4 is 0 Å². The number of carbonyl (C=O) groups excluding carboxylic acids is 1. The van der Waals surface area contributed by atoms with Crippen molar-refractivity contribution in [2.24, 2.45) is 0 Å². The van der Waals surface area contributed by atoms with Crippen molar-refractivity contribution in [2.75, 3.05) is 26.2 Å². The number of benzene rings is 2. The molecular weight excluding hydrogens is 322 g/mol. The molecule has 3 rings (SSSR count). The summed E-state index contributed by atoms with van der Waals surface area (Å²) in [6.45, 7) is 8.33. The van der Waals surface area contributed by atoms with E-state index in [4.69, 9.17) is 5.26 Å². The van der Waals surface area contributed by atoms with Crippen LogP contribution in [0.3, 0.4) is 0 Å². The van der Waals surface area contributed by atoms with Crippen molar-refractivity contribution < 1.29 is 4.79 Å². The number of nitriles is 1. The molecule has 1 fully saturated rings. The van der Waals surface area contributed by atoms with Crippen molar-refractivity contribution in [3.05, 3.63) is 70.3 Å². The first-order chi connectivity index (χ1) is 12.6. The Labute approximate surface area is 155 Å². The smallest absolute Gasteiger partial charge is 0.254 e. The van der Waals surface area contributed by atoms with Gasteiger partial charge >= 0.3 is 0 Å². The van der Waals surface area contributed by atoms with Crippen LogP contribution in [0.4, 0.5) is 0 Å². The summed E-state index contributed by atoms with van der Waals surface area (Å²) in [6, 6.07) is 15.9. The fourth-order valence-electron chi connectivity index (χ4n) is 3.50. The van der Waals surface area contributed by atoms with Gasteiger partial charge in [0.1, 0.15) is 0 Å². The first kappa shape index (κ1) is 18.2. The van der Waals surface area contributed by atoms with Crippen LogP contribution in [0.2, 0.25) is 0 Å². The number of aryl methyl sites for hydroxylation is 2. The maximum absolute atomic E-state index is 12.9. The van der Waals surface area contributed by atoms with Gasteiger partial charge in [0.25, 0.3) is 5.91 Å². The van der Waals surface area contributed by atoms with Gasteiger partial charge in [-0.05, 0) is 49.6 Å². The van der Waals surface area contributed by atoms with Crippen LogP contribution in [0.25, 0.3) is 0 Å². The van der Waals surface area contributed by atoms with Gasteiger partial charge in [-0.3, -0.25) is 9.69 Å². The third kappa shape index (κ3) is 4.30. The molecule has 0 saturated carbocycles. The molecule has 0 N–H and O–H groups in total. The van der Waals surface area contributed by atoms with E-state index in [1.165, 1.54) is 11.1 Å². The fourth-order valence-corrected chi connectivity index (χ4v) is 3.50. The Morgan fingerprint density at radius 1 is 1.04 bits per heavy atom. The molecule has 4 heteroatoms. The average molecular weight is 347 g/mol. The summed E-state index contributed by atoms with van der Waals surface area (Å²) in [6.07, 6.45) is 0.979. The van der Waals surface area contributed by atoms with Gasteiger partial charge in [0, 0.05) is 38.3 Å². The zero-order valence-electron chi connectivity index (χ0n) is 15.5. The van der Waals surface area contributed by atoms with Gasteiger partial charge in [-0.15, -0.1) is 0 Å². The lowest BCUT2D eigenvalue weighted by Gasteiger charge is -2.23. The monoisotopic (exact) mass is 347 g/mol. The quantitative estimate of drug-likeness (QED) is 0.853. The molecule has 0 aromatic heterocycles. The Bertz CT molecular complexity index is 820. The number of rotatable bonds is 3. The first-order valence-electron chi connectivity index (χ1n) is 9.15. The standard InChI is InChI=1S/C22H25N3O/c1-17-4-9-21(18(2)14-17)22(26)25-11-3-10-24(12-13-25)16-20-7-5-19(15-23)6-8-20/h4-9,14H,3,10-13,16H2,1-2H3. The molecule has 1 aliphatic heterocycles. The van der Waals surface area contributed by atoms with Gasteiger partial charge in [0.15, 0.2) is 0 Å². The average Bonchev–Trinajstić information content (AvgIpc) is 2.87. The zero-order valence-corrected chi connectivity index (χ0v) is 15.5. The SMILES string of the molecule is Cc1ccc(C(=O)N2CCCN(Cc3ccc(C#N)cc3)CC2)c(C)c1. The lowest BCUT2D eigenvalue weighted by molar-refractivity contribution is 0.0760. The Morgan fingerprint density at radius 3 is 2.50 bits per heavy atom. The highest BCUT2D eigenvalue weighted by molar-refractivity contribution is 5.95. The first-order valence-corrected chi connectivity index (χ1v) is 9.15. The molecule has 4 nitrogen and oxygen atoms in total. The van der Waals surface area contributed by atoms with Crippen LogP contribution in [0.15, 0.2) is 42.5 Å². The lowest BCUT2D eigenvalue weighted by atomic mass is 10.0. The largest absolute Gasteiger partial charge is 0.337 e. The highest BCUT2D eigenvalue weighted by atomic mass is 16.2. The minimum Gasteiger partial charge on any atom is -0.337 e. The number of hydrogen-bond donors (Lipinski definition) is 0. The van der Waals surface area contributed by atoms with Gasteiger partial charge in [-0.25, -0.2) is 0 Å². The molecule has 0 unspecified atom stereocenters. The maximum Gasteiger partial charge on any atom is 0.254 e. The molecule has 2 aromatic carbocycles. The second-order valence-electron chi connectivity index (χ2n) is 7.05. The number of nitrogens with zero attached hydrogens (tertiary/aromatic N) is 3. The van der Waals surface area contributed by atoms with Crippen molar-refractivity contribution in [1.82, 2.24) is 9.80 Å².